The highest BCUT2D eigenvalue weighted by Gasteiger charge is 2.23. The second-order valence-electron chi connectivity index (χ2n) is 4.54. The summed E-state index contributed by atoms with van der Waals surface area (Å²) in [6, 6.07) is 6.46. The highest BCUT2D eigenvalue weighted by atomic mass is 79.9. The molecule has 0 bridgehead atoms. The quantitative estimate of drug-likeness (QED) is 0.860. The Bertz CT molecular complexity index is 363. The maximum Gasteiger partial charge on any atom is 0.0454 e. The van der Waals surface area contributed by atoms with Gasteiger partial charge in [-0.2, -0.15) is 0 Å². The van der Waals surface area contributed by atoms with Crippen LogP contribution in [0.3, 0.4) is 0 Å². The van der Waals surface area contributed by atoms with Crippen LogP contribution in [0.5, 0.6) is 0 Å². The first-order valence-corrected chi connectivity index (χ1v) is 7.00. The summed E-state index contributed by atoms with van der Waals surface area (Å²) in [5.41, 5.74) is 1.21. The van der Waals surface area contributed by atoms with Gasteiger partial charge >= 0.3 is 0 Å². The monoisotopic (exact) mass is 301 g/mol. The lowest BCUT2D eigenvalue weighted by Crippen LogP contribution is -2.23. The molecule has 1 nitrogen and oxygen atoms in total. The lowest BCUT2D eigenvalue weighted by atomic mass is 9.79. The number of hydrogen-bond donors (Lipinski definition) is 1. The van der Waals surface area contributed by atoms with Crippen LogP contribution in [0.25, 0.3) is 0 Å². The first kappa shape index (κ1) is 12.4. The van der Waals surface area contributed by atoms with Crippen molar-refractivity contribution >= 4 is 27.5 Å². The third-order valence-corrected chi connectivity index (χ3v) is 4.31. The molecule has 0 amide bonds. The molecule has 3 heteroatoms. The maximum atomic E-state index is 6.25. The zero-order chi connectivity index (χ0) is 11.5. The number of benzene rings is 1. The van der Waals surface area contributed by atoms with E-state index in [4.69, 9.17) is 11.6 Å². The van der Waals surface area contributed by atoms with E-state index >= 15 is 0 Å². The van der Waals surface area contributed by atoms with Crippen molar-refractivity contribution in [3.8, 4) is 0 Å². The minimum atomic E-state index is 0.385. The minimum absolute atomic E-state index is 0.385. The highest BCUT2D eigenvalue weighted by molar-refractivity contribution is 9.10. The van der Waals surface area contributed by atoms with E-state index in [9.17, 15) is 0 Å². The van der Waals surface area contributed by atoms with Crippen LogP contribution < -0.4 is 5.32 Å². The van der Waals surface area contributed by atoms with Crippen molar-refractivity contribution < 1.29 is 0 Å². The minimum Gasteiger partial charge on any atom is -0.313 e. The van der Waals surface area contributed by atoms with Gasteiger partial charge in [-0.25, -0.2) is 0 Å². The molecule has 1 aromatic carbocycles. The summed E-state index contributed by atoms with van der Waals surface area (Å²) in [6.07, 6.45) is 5.35. The third-order valence-electron chi connectivity index (χ3n) is 3.48. The SMILES string of the molecule is CNC(CC1CCC1)c1cc(Br)ccc1Cl. The summed E-state index contributed by atoms with van der Waals surface area (Å²) >= 11 is 9.76. The second-order valence-corrected chi connectivity index (χ2v) is 5.86. The van der Waals surface area contributed by atoms with E-state index in [-0.39, 0.29) is 0 Å². The van der Waals surface area contributed by atoms with E-state index in [1.54, 1.807) is 0 Å². The van der Waals surface area contributed by atoms with Gasteiger partial charge in [0.05, 0.1) is 0 Å². The van der Waals surface area contributed by atoms with Gasteiger partial charge in [0.25, 0.3) is 0 Å². The Morgan fingerprint density at radius 2 is 2.25 bits per heavy atom. The smallest absolute Gasteiger partial charge is 0.0454 e. The predicted molar refractivity (Wildman–Crippen MR) is 72.9 cm³/mol. The van der Waals surface area contributed by atoms with Gasteiger partial charge in [0.15, 0.2) is 0 Å². The molecule has 88 valence electrons. The molecule has 1 atom stereocenters. The Balaban J connectivity index is 2.14. The molecule has 1 saturated carbocycles. The number of rotatable bonds is 4. The molecule has 1 unspecified atom stereocenters. The average Bonchev–Trinajstić information content (AvgIpc) is 2.21. The summed E-state index contributed by atoms with van der Waals surface area (Å²) in [5.74, 6) is 0.882. The van der Waals surface area contributed by atoms with E-state index < -0.39 is 0 Å². The largest absolute Gasteiger partial charge is 0.313 e. The van der Waals surface area contributed by atoms with Crippen molar-refractivity contribution in [2.45, 2.75) is 31.7 Å². The lowest BCUT2D eigenvalue weighted by Gasteiger charge is -2.30. The van der Waals surface area contributed by atoms with Gasteiger partial charge in [-0.15, -0.1) is 0 Å². The molecular formula is C13H17BrClN. The molecule has 0 aromatic heterocycles. The van der Waals surface area contributed by atoms with Crippen molar-refractivity contribution in [2.24, 2.45) is 5.92 Å². The zero-order valence-corrected chi connectivity index (χ0v) is 11.8. The van der Waals surface area contributed by atoms with Crippen molar-refractivity contribution in [3.63, 3.8) is 0 Å². The van der Waals surface area contributed by atoms with Crippen LogP contribution in [-0.2, 0) is 0 Å². The molecule has 1 aromatic rings. The van der Waals surface area contributed by atoms with E-state index in [1.165, 1.54) is 31.2 Å². The predicted octanol–water partition coefficient (Wildman–Crippen LogP) is 4.55. The molecule has 1 N–H and O–H groups in total. The Kier molecular flexibility index (Phi) is 4.28. The topological polar surface area (TPSA) is 12.0 Å². The fourth-order valence-corrected chi connectivity index (χ4v) is 2.87. The van der Waals surface area contributed by atoms with Gasteiger partial charge < -0.3 is 5.32 Å². The van der Waals surface area contributed by atoms with Crippen LogP contribution in [0.15, 0.2) is 22.7 Å². The fraction of sp³-hybridized carbons (Fsp3) is 0.538. The van der Waals surface area contributed by atoms with E-state index in [2.05, 4.69) is 27.3 Å². The summed E-state index contributed by atoms with van der Waals surface area (Å²) in [4.78, 5) is 0. The molecule has 1 aliphatic carbocycles. The van der Waals surface area contributed by atoms with Crippen molar-refractivity contribution in [3.05, 3.63) is 33.3 Å². The molecule has 0 saturated heterocycles. The number of halogens is 2. The van der Waals surface area contributed by atoms with Gasteiger partial charge in [0.2, 0.25) is 0 Å². The van der Waals surface area contributed by atoms with Crippen molar-refractivity contribution in [1.82, 2.24) is 5.32 Å². The van der Waals surface area contributed by atoms with Crippen LogP contribution in [-0.4, -0.2) is 7.05 Å². The Hall–Kier alpha value is -0.0500. The normalized spacial score (nSPS) is 18.2. The average molecular weight is 303 g/mol. The summed E-state index contributed by atoms with van der Waals surface area (Å²) < 4.78 is 1.10. The Morgan fingerprint density at radius 3 is 2.81 bits per heavy atom. The molecule has 1 aliphatic rings. The van der Waals surface area contributed by atoms with Gasteiger partial charge in [-0.05, 0) is 43.1 Å². The van der Waals surface area contributed by atoms with E-state index in [1.807, 2.05) is 19.2 Å². The second kappa shape index (κ2) is 5.52. The molecule has 2 rings (SSSR count). The van der Waals surface area contributed by atoms with Crippen LogP contribution in [0, 0.1) is 5.92 Å². The van der Waals surface area contributed by atoms with E-state index in [0.717, 1.165) is 15.4 Å². The maximum absolute atomic E-state index is 6.25. The summed E-state index contributed by atoms with van der Waals surface area (Å²) in [5, 5.41) is 4.24. The molecule has 0 aliphatic heterocycles. The van der Waals surface area contributed by atoms with Gasteiger partial charge in [-0.3, -0.25) is 0 Å². The van der Waals surface area contributed by atoms with Crippen molar-refractivity contribution in [2.75, 3.05) is 7.05 Å². The molecule has 0 radical (unpaired) electrons. The first-order valence-electron chi connectivity index (χ1n) is 5.83. The molecular weight excluding hydrogens is 286 g/mol. The number of hydrogen-bond acceptors (Lipinski definition) is 1. The third kappa shape index (κ3) is 2.79. The molecule has 16 heavy (non-hydrogen) atoms. The number of nitrogens with one attached hydrogen (secondary N) is 1. The fourth-order valence-electron chi connectivity index (χ4n) is 2.24. The lowest BCUT2D eigenvalue weighted by molar-refractivity contribution is 0.265. The standard InChI is InChI=1S/C13H17BrClN/c1-16-13(7-9-3-2-4-9)11-8-10(14)5-6-12(11)15/h5-6,8-9,13,16H,2-4,7H2,1H3. The Labute approximate surface area is 111 Å². The zero-order valence-electron chi connectivity index (χ0n) is 9.47. The van der Waals surface area contributed by atoms with Gasteiger partial charge in [0, 0.05) is 15.5 Å². The van der Waals surface area contributed by atoms with Gasteiger partial charge in [0.1, 0.15) is 0 Å². The molecule has 0 spiro atoms. The van der Waals surface area contributed by atoms with Crippen LogP contribution in [0.4, 0.5) is 0 Å². The Morgan fingerprint density at radius 1 is 1.50 bits per heavy atom. The van der Waals surface area contributed by atoms with Crippen LogP contribution >= 0.6 is 27.5 Å². The van der Waals surface area contributed by atoms with Gasteiger partial charge in [-0.1, -0.05) is 46.8 Å². The van der Waals surface area contributed by atoms with Crippen LogP contribution in [0.2, 0.25) is 5.02 Å². The summed E-state index contributed by atoms with van der Waals surface area (Å²) in [7, 11) is 2.01. The molecule has 1 fully saturated rings. The first-order chi connectivity index (χ1) is 7.70. The van der Waals surface area contributed by atoms with Crippen LogP contribution in [0.1, 0.15) is 37.3 Å². The highest BCUT2D eigenvalue weighted by Crippen LogP contribution is 2.37. The van der Waals surface area contributed by atoms with Crippen molar-refractivity contribution in [1.29, 1.82) is 0 Å². The summed E-state index contributed by atoms with van der Waals surface area (Å²) in [6.45, 7) is 0. The molecule has 0 heterocycles. The van der Waals surface area contributed by atoms with E-state index in [0.29, 0.717) is 6.04 Å².